The van der Waals surface area contributed by atoms with Crippen molar-refractivity contribution in [3.8, 4) is 0 Å². The molecule has 4 nitrogen and oxygen atoms in total. The Morgan fingerprint density at radius 2 is 1.78 bits per heavy atom. The summed E-state index contributed by atoms with van der Waals surface area (Å²) < 4.78 is 0.840. The van der Waals surface area contributed by atoms with Crippen molar-refractivity contribution in [3.05, 3.63) is 12.7 Å². The molecule has 0 unspecified atom stereocenters. The smallest absolute Gasteiger partial charge is 0.244 e. The van der Waals surface area contributed by atoms with Crippen LogP contribution < -0.4 is 17.7 Å². The minimum Gasteiger partial charge on any atom is -1.00 e. The third-order valence-electron chi connectivity index (χ3n) is 2.55. The molecule has 0 rings (SSSR count). The molecule has 0 aliphatic carbocycles. The van der Waals surface area contributed by atoms with Crippen molar-refractivity contribution in [2.45, 2.75) is 32.2 Å². The predicted octanol–water partition coefficient (Wildman–Crippen LogP) is -1.87. The molecule has 0 aliphatic rings. The van der Waals surface area contributed by atoms with Gasteiger partial charge in [0.25, 0.3) is 0 Å². The van der Waals surface area contributed by atoms with E-state index in [4.69, 9.17) is 0 Å². The molecule has 0 aromatic rings. The van der Waals surface area contributed by atoms with Gasteiger partial charge in [-0.15, -0.1) is 0 Å². The molecule has 0 atom stereocenters. The molecule has 0 fully saturated rings. The molecule has 106 valence electrons. The minimum atomic E-state index is -0.809. The van der Waals surface area contributed by atoms with E-state index in [-0.39, 0.29) is 24.1 Å². The Morgan fingerprint density at radius 3 is 2.17 bits per heavy atom. The number of quaternary nitrogens is 1. The first-order valence-corrected chi connectivity index (χ1v) is 5.87. The topological polar surface area (TPSA) is 46.2 Å². The van der Waals surface area contributed by atoms with Crippen molar-refractivity contribution >= 4 is 11.7 Å². The van der Waals surface area contributed by atoms with E-state index in [9.17, 15) is 9.59 Å². The molecule has 1 N–H and O–H groups in total. The van der Waals surface area contributed by atoms with Crippen molar-refractivity contribution in [3.63, 3.8) is 0 Å². The summed E-state index contributed by atoms with van der Waals surface area (Å²) in [6.07, 6.45) is 2.50. The van der Waals surface area contributed by atoms with Crippen LogP contribution in [0, 0.1) is 0 Å². The van der Waals surface area contributed by atoms with Crippen LogP contribution in [-0.2, 0) is 9.59 Å². The molecule has 0 aliphatic heterocycles. The fourth-order valence-corrected chi connectivity index (χ4v) is 1.46. The normalized spacial score (nSPS) is 11.4. The molecule has 0 aromatic heterocycles. The summed E-state index contributed by atoms with van der Waals surface area (Å²) in [7, 11) is 6.28. The van der Waals surface area contributed by atoms with Crippen LogP contribution in [0.15, 0.2) is 12.7 Å². The number of ketones is 1. The third kappa shape index (κ3) is 8.25. The van der Waals surface area contributed by atoms with E-state index in [1.807, 2.05) is 0 Å². The van der Waals surface area contributed by atoms with Gasteiger partial charge < -0.3 is 22.2 Å². The Balaban J connectivity index is 0. The Labute approximate surface area is 116 Å². The molecular weight excluding hydrogens is 252 g/mol. The van der Waals surface area contributed by atoms with E-state index in [1.54, 1.807) is 13.8 Å². The van der Waals surface area contributed by atoms with Gasteiger partial charge in [-0.25, -0.2) is 0 Å². The van der Waals surface area contributed by atoms with Crippen molar-refractivity contribution in [2.75, 3.05) is 27.7 Å². The van der Waals surface area contributed by atoms with Gasteiger partial charge in [-0.2, -0.15) is 0 Å². The second-order valence-corrected chi connectivity index (χ2v) is 5.86. The van der Waals surface area contributed by atoms with E-state index in [1.165, 1.54) is 6.08 Å². The average Bonchev–Trinajstić information content (AvgIpc) is 2.14. The monoisotopic (exact) mass is 276 g/mol. The lowest BCUT2D eigenvalue weighted by Gasteiger charge is -2.26. The van der Waals surface area contributed by atoms with Gasteiger partial charge in [0.05, 0.1) is 33.2 Å². The van der Waals surface area contributed by atoms with E-state index in [0.717, 1.165) is 17.4 Å². The number of carbonyl (C=O) groups is 2. The Bertz CT molecular complexity index is 307. The average molecular weight is 277 g/mol. The fraction of sp³-hybridized carbons (Fsp3) is 0.692. The first kappa shape index (κ1) is 19.5. The van der Waals surface area contributed by atoms with Crippen LogP contribution in [0.4, 0.5) is 0 Å². The standard InChI is InChI=1S/C13H24N2O2.ClH/c1-7-12(17)14-13(2,3)11(16)9-8-10-15(4,5)6;/h7H,1,8-10H2,2-6H3;1H. The lowest BCUT2D eigenvalue weighted by Crippen LogP contribution is -3.00. The number of hydrogen-bond donors (Lipinski definition) is 1. The summed E-state index contributed by atoms with van der Waals surface area (Å²) in [6.45, 7) is 7.76. The SMILES string of the molecule is C=CC(=O)NC(C)(C)C(=O)CCC[N+](C)(C)C.[Cl-]. The van der Waals surface area contributed by atoms with Gasteiger partial charge in [-0.05, 0) is 19.9 Å². The summed E-state index contributed by atoms with van der Waals surface area (Å²) in [5, 5.41) is 2.64. The maximum atomic E-state index is 11.9. The molecule has 0 saturated heterocycles. The highest BCUT2D eigenvalue weighted by atomic mass is 35.5. The number of halogens is 1. The Morgan fingerprint density at radius 1 is 1.28 bits per heavy atom. The Kier molecular flexibility index (Phi) is 8.16. The number of amides is 1. The van der Waals surface area contributed by atoms with Crippen LogP contribution in [0.1, 0.15) is 26.7 Å². The zero-order valence-corrected chi connectivity index (χ0v) is 12.8. The molecule has 0 heterocycles. The van der Waals surface area contributed by atoms with E-state index in [0.29, 0.717) is 6.42 Å². The highest BCUT2D eigenvalue weighted by Gasteiger charge is 2.28. The zero-order chi connectivity index (χ0) is 13.7. The first-order valence-electron chi connectivity index (χ1n) is 5.87. The number of Topliss-reactive ketones (excluding diaryl/α,β-unsaturated/α-hetero) is 1. The number of carbonyl (C=O) groups excluding carboxylic acids is 2. The van der Waals surface area contributed by atoms with Gasteiger partial charge in [0, 0.05) is 12.8 Å². The number of hydrogen-bond acceptors (Lipinski definition) is 2. The minimum absolute atomic E-state index is 0. The lowest BCUT2D eigenvalue weighted by atomic mass is 9.95. The molecule has 0 bridgehead atoms. The van der Waals surface area contributed by atoms with Gasteiger partial charge in [0.1, 0.15) is 0 Å². The van der Waals surface area contributed by atoms with Gasteiger partial charge in [0.15, 0.2) is 5.78 Å². The highest BCUT2D eigenvalue weighted by Crippen LogP contribution is 2.10. The predicted molar refractivity (Wildman–Crippen MR) is 69.6 cm³/mol. The summed E-state index contributed by atoms with van der Waals surface area (Å²) in [5.41, 5.74) is -0.809. The van der Waals surface area contributed by atoms with Gasteiger partial charge in [-0.3, -0.25) is 9.59 Å². The van der Waals surface area contributed by atoms with Gasteiger partial charge >= 0.3 is 0 Å². The van der Waals surface area contributed by atoms with Crippen LogP contribution >= 0.6 is 0 Å². The molecule has 1 amide bonds. The molecule has 5 heteroatoms. The van der Waals surface area contributed by atoms with E-state index < -0.39 is 5.54 Å². The summed E-state index contributed by atoms with van der Waals surface area (Å²) >= 11 is 0. The molecular formula is C13H25ClN2O2. The van der Waals surface area contributed by atoms with E-state index in [2.05, 4.69) is 33.0 Å². The second kappa shape index (κ2) is 7.54. The van der Waals surface area contributed by atoms with Crippen LogP contribution in [0.3, 0.4) is 0 Å². The van der Waals surface area contributed by atoms with Crippen molar-refractivity contribution < 1.29 is 26.5 Å². The maximum Gasteiger partial charge on any atom is 0.244 e. The van der Waals surface area contributed by atoms with Gasteiger partial charge in [0.2, 0.25) is 5.91 Å². The van der Waals surface area contributed by atoms with E-state index >= 15 is 0 Å². The zero-order valence-electron chi connectivity index (χ0n) is 12.0. The van der Waals surface area contributed by atoms with Gasteiger partial charge in [-0.1, -0.05) is 6.58 Å². The van der Waals surface area contributed by atoms with Crippen LogP contribution in [0.25, 0.3) is 0 Å². The summed E-state index contributed by atoms with van der Waals surface area (Å²) in [6, 6.07) is 0. The van der Waals surface area contributed by atoms with Crippen LogP contribution in [0.5, 0.6) is 0 Å². The van der Waals surface area contributed by atoms with Crippen LogP contribution in [0.2, 0.25) is 0 Å². The maximum absolute atomic E-state index is 11.9. The fourth-order valence-electron chi connectivity index (χ4n) is 1.46. The second-order valence-electron chi connectivity index (χ2n) is 5.86. The molecule has 0 spiro atoms. The van der Waals surface area contributed by atoms with Crippen molar-refractivity contribution in [1.82, 2.24) is 5.32 Å². The number of nitrogens with one attached hydrogen (secondary N) is 1. The molecule has 0 aromatic carbocycles. The first-order chi connectivity index (χ1) is 7.58. The summed E-state index contributed by atoms with van der Waals surface area (Å²) in [5.74, 6) is -0.254. The quantitative estimate of drug-likeness (QED) is 0.437. The number of rotatable bonds is 7. The molecule has 18 heavy (non-hydrogen) atoms. The largest absolute Gasteiger partial charge is 1.00 e. The van der Waals surface area contributed by atoms with Crippen molar-refractivity contribution in [1.29, 1.82) is 0 Å². The number of nitrogens with zero attached hydrogens (tertiary/aromatic N) is 1. The lowest BCUT2D eigenvalue weighted by molar-refractivity contribution is -0.870. The third-order valence-corrected chi connectivity index (χ3v) is 2.55. The Hall–Kier alpha value is -0.870. The van der Waals surface area contributed by atoms with Crippen molar-refractivity contribution in [2.24, 2.45) is 0 Å². The summed E-state index contributed by atoms with van der Waals surface area (Å²) in [4.78, 5) is 23.1. The van der Waals surface area contributed by atoms with Crippen LogP contribution in [-0.4, -0.2) is 49.4 Å². The molecule has 0 radical (unpaired) electrons. The highest BCUT2D eigenvalue weighted by molar-refractivity contribution is 5.95. The molecule has 0 saturated carbocycles.